The molecule has 0 amide bonds. The number of hydrogen-bond donors (Lipinski definition) is 2. The second-order valence-electron chi connectivity index (χ2n) is 3.68. The summed E-state index contributed by atoms with van der Waals surface area (Å²) in [6.45, 7) is 4.87. The molecule has 0 spiro atoms. The fourth-order valence-corrected chi connectivity index (χ4v) is 1.71. The topological polar surface area (TPSA) is 50.7 Å². The second kappa shape index (κ2) is 9.16. The molecule has 0 aliphatic rings. The van der Waals surface area contributed by atoms with Gasteiger partial charge in [-0.1, -0.05) is 24.6 Å². The van der Waals surface area contributed by atoms with Crippen LogP contribution in [0, 0.1) is 0 Å². The van der Waals surface area contributed by atoms with Crippen molar-refractivity contribution in [3.05, 3.63) is 28.8 Å². The molecule has 0 atom stereocenters. The van der Waals surface area contributed by atoms with Crippen LogP contribution in [0.4, 0.5) is 0 Å². The number of aliphatic hydroxyl groups excluding tert-OH is 1. The summed E-state index contributed by atoms with van der Waals surface area (Å²) in [5, 5.41) is 12.5. The summed E-state index contributed by atoms with van der Waals surface area (Å²) >= 11 is 6.14. The smallest absolute Gasteiger partial charge is 0.125 e. The van der Waals surface area contributed by atoms with E-state index in [1.165, 1.54) is 0 Å². The minimum absolute atomic E-state index is 0.0306. The summed E-state index contributed by atoms with van der Waals surface area (Å²) in [5.41, 5.74) is 0.961. The monoisotopic (exact) mass is 273 g/mol. The van der Waals surface area contributed by atoms with Crippen LogP contribution in [0.5, 0.6) is 5.75 Å². The highest BCUT2D eigenvalue weighted by Gasteiger charge is 2.07. The van der Waals surface area contributed by atoms with Gasteiger partial charge in [-0.3, -0.25) is 0 Å². The average Bonchev–Trinajstić information content (AvgIpc) is 2.38. The summed E-state index contributed by atoms with van der Waals surface area (Å²) in [4.78, 5) is 0. The molecule has 0 fully saturated rings. The quantitative estimate of drug-likeness (QED) is 0.674. The van der Waals surface area contributed by atoms with Crippen LogP contribution in [0.1, 0.15) is 12.5 Å². The van der Waals surface area contributed by atoms with Crippen LogP contribution in [-0.2, 0) is 11.3 Å². The minimum atomic E-state index is 0.0306. The molecule has 0 aliphatic carbocycles. The van der Waals surface area contributed by atoms with E-state index in [0.29, 0.717) is 31.4 Å². The summed E-state index contributed by atoms with van der Waals surface area (Å²) in [6, 6.07) is 5.61. The van der Waals surface area contributed by atoms with Crippen LogP contribution >= 0.6 is 11.6 Å². The minimum Gasteiger partial charge on any atom is -0.491 e. The Labute approximate surface area is 113 Å². The van der Waals surface area contributed by atoms with Crippen molar-refractivity contribution in [3.8, 4) is 5.75 Å². The normalized spacial score (nSPS) is 10.6. The molecule has 102 valence electrons. The van der Waals surface area contributed by atoms with Crippen molar-refractivity contribution in [1.82, 2.24) is 5.32 Å². The van der Waals surface area contributed by atoms with Crippen molar-refractivity contribution in [2.45, 2.75) is 13.5 Å². The third-order valence-electron chi connectivity index (χ3n) is 2.35. The first-order chi connectivity index (χ1) is 8.79. The predicted octanol–water partition coefficient (Wildman–Crippen LogP) is 1.84. The maximum atomic E-state index is 8.57. The van der Waals surface area contributed by atoms with E-state index >= 15 is 0 Å². The summed E-state index contributed by atoms with van der Waals surface area (Å²) in [6.07, 6.45) is 0. The standard InChI is InChI=1S/C13H20ClNO3/c1-2-15-10-11-12(14)4-3-5-13(11)18-9-8-17-7-6-16/h3-5,15-16H,2,6-10H2,1H3. The van der Waals surface area contributed by atoms with Crippen molar-refractivity contribution >= 4 is 11.6 Å². The van der Waals surface area contributed by atoms with Gasteiger partial charge in [-0.05, 0) is 18.7 Å². The van der Waals surface area contributed by atoms with Crippen LogP contribution in [0.2, 0.25) is 5.02 Å². The lowest BCUT2D eigenvalue weighted by Gasteiger charge is -2.13. The Balaban J connectivity index is 2.50. The largest absolute Gasteiger partial charge is 0.491 e. The number of ether oxygens (including phenoxy) is 2. The van der Waals surface area contributed by atoms with Gasteiger partial charge in [0.1, 0.15) is 12.4 Å². The second-order valence-corrected chi connectivity index (χ2v) is 4.09. The Bertz CT molecular complexity index is 347. The molecule has 0 unspecified atom stereocenters. The van der Waals surface area contributed by atoms with E-state index in [1.807, 2.05) is 25.1 Å². The first-order valence-electron chi connectivity index (χ1n) is 6.09. The number of halogens is 1. The third-order valence-corrected chi connectivity index (χ3v) is 2.70. The molecule has 2 N–H and O–H groups in total. The molecule has 4 nitrogen and oxygen atoms in total. The zero-order valence-corrected chi connectivity index (χ0v) is 11.4. The van der Waals surface area contributed by atoms with E-state index in [0.717, 1.165) is 17.9 Å². The Kier molecular flexibility index (Phi) is 7.76. The van der Waals surface area contributed by atoms with Gasteiger partial charge in [-0.15, -0.1) is 0 Å². The third kappa shape index (κ3) is 5.23. The molecular formula is C13H20ClNO3. The van der Waals surface area contributed by atoms with E-state index in [-0.39, 0.29) is 6.61 Å². The number of nitrogens with one attached hydrogen (secondary N) is 1. The van der Waals surface area contributed by atoms with Gasteiger partial charge in [0.2, 0.25) is 0 Å². The van der Waals surface area contributed by atoms with Crippen molar-refractivity contribution in [1.29, 1.82) is 0 Å². The van der Waals surface area contributed by atoms with Crippen LogP contribution in [0.15, 0.2) is 18.2 Å². The highest BCUT2D eigenvalue weighted by Crippen LogP contribution is 2.26. The molecular weight excluding hydrogens is 254 g/mol. The molecule has 1 aromatic rings. The lowest BCUT2D eigenvalue weighted by molar-refractivity contribution is 0.0703. The van der Waals surface area contributed by atoms with Gasteiger partial charge < -0.3 is 19.9 Å². The lowest BCUT2D eigenvalue weighted by atomic mass is 10.2. The number of benzene rings is 1. The molecule has 0 heterocycles. The van der Waals surface area contributed by atoms with E-state index in [1.54, 1.807) is 0 Å². The summed E-state index contributed by atoms with van der Waals surface area (Å²) in [5.74, 6) is 0.774. The number of rotatable bonds is 9. The zero-order valence-electron chi connectivity index (χ0n) is 10.6. The van der Waals surface area contributed by atoms with Crippen molar-refractivity contribution < 1.29 is 14.6 Å². The molecule has 0 saturated carbocycles. The fourth-order valence-electron chi connectivity index (χ4n) is 1.47. The Hall–Kier alpha value is -0.810. The highest BCUT2D eigenvalue weighted by molar-refractivity contribution is 6.31. The molecule has 0 bridgehead atoms. The first-order valence-corrected chi connectivity index (χ1v) is 6.47. The van der Waals surface area contributed by atoms with E-state index in [2.05, 4.69) is 5.32 Å². The van der Waals surface area contributed by atoms with Crippen LogP contribution in [-0.4, -0.2) is 38.1 Å². The Morgan fingerprint density at radius 2 is 2.11 bits per heavy atom. The van der Waals surface area contributed by atoms with Crippen molar-refractivity contribution in [2.24, 2.45) is 0 Å². The fraction of sp³-hybridized carbons (Fsp3) is 0.538. The molecule has 0 aromatic heterocycles. The van der Waals surface area contributed by atoms with E-state index in [4.69, 9.17) is 26.2 Å². The molecule has 0 radical (unpaired) electrons. The van der Waals surface area contributed by atoms with Crippen molar-refractivity contribution in [3.63, 3.8) is 0 Å². The van der Waals surface area contributed by atoms with Gasteiger partial charge in [0.05, 0.1) is 19.8 Å². The maximum Gasteiger partial charge on any atom is 0.125 e. The number of aliphatic hydroxyl groups is 1. The van der Waals surface area contributed by atoms with Gasteiger partial charge in [0, 0.05) is 17.1 Å². The molecule has 18 heavy (non-hydrogen) atoms. The lowest BCUT2D eigenvalue weighted by Crippen LogP contribution is -2.15. The zero-order chi connectivity index (χ0) is 13.2. The number of hydrogen-bond acceptors (Lipinski definition) is 4. The predicted molar refractivity (Wildman–Crippen MR) is 72.2 cm³/mol. The van der Waals surface area contributed by atoms with Crippen molar-refractivity contribution in [2.75, 3.05) is 33.0 Å². The Morgan fingerprint density at radius 1 is 1.28 bits per heavy atom. The van der Waals surface area contributed by atoms with E-state index < -0.39 is 0 Å². The average molecular weight is 274 g/mol. The van der Waals surface area contributed by atoms with Crippen LogP contribution in [0.25, 0.3) is 0 Å². The van der Waals surface area contributed by atoms with Gasteiger partial charge in [0.15, 0.2) is 0 Å². The van der Waals surface area contributed by atoms with Gasteiger partial charge in [-0.2, -0.15) is 0 Å². The SMILES string of the molecule is CCNCc1c(Cl)cccc1OCCOCCO. The molecule has 5 heteroatoms. The Morgan fingerprint density at radius 3 is 2.83 bits per heavy atom. The van der Waals surface area contributed by atoms with Crippen LogP contribution < -0.4 is 10.1 Å². The van der Waals surface area contributed by atoms with Gasteiger partial charge in [-0.25, -0.2) is 0 Å². The molecule has 1 aromatic carbocycles. The first kappa shape index (κ1) is 15.2. The van der Waals surface area contributed by atoms with Gasteiger partial charge in [0.25, 0.3) is 0 Å². The molecule has 0 saturated heterocycles. The highest BCUT2D eigenvalue weighted by atomic mass is 35.5. The van der Waals surface area contributed by atoms with Gasteiger partial charge >= 0.3 is 0 Å². The van der Waals surface area contributed by atoms with Crippen LogP contribution in [0.3, 0.4) is 0 Å². The summed E-state index contributed by atoms with van der Waals surface area (Å²) in [7, 11) is 0. The maximum absolute atomic E-state index is 8.57. The molecule has 0 aliphatic heterocycles. The summed E-state index contributed by atoms with van der Waals surface area (Å²) < 4.78 is 10.8. The molecule has 1 rings (SSSR count). The van der Waals surface area contributed by atoms with E-state index in [9.17, 15) is 0 Å².